The summed E-state index contributed by atoms with van der Waals surface area (Å²) in [5.41, 5.74) is 0.805. The van der Waals surface area contributed by atoms with Gasteiger partial charge in [-0.3, -0.25) is 14.4 Å². The van der Waals surface area contributed by atoms with Crippen molar-refractivity contribution in [2.24, 2.45) is 0 Å². The van der Waals surface area contributed by atoms with Gasteiger partial charge in [0.2, 0.25) is 11.8 Å². The highest BCUT2D eigenvalue weighted by atomic mass is 16.6. The van der Waals surface area contributed by atoms with Crippen molar-refractivity contribution in [1.82, 2.24) is 15.5 Å². The third-order valence-electron chi connectivity index (χ3n) is 5.85. The van der Waals surface area contributed by atoms with Crippen molar-refractivity contribution in [1.29, 1.82) is 0 Å². The van der Waals surface area contributed by atoms with Crippen LogP contribution in [0.5, 0.6) is 0 Å². The van der Waals surface area contributed by atoms with Crippen LogP contribution in [0.4, 0.5) is 4.79 Å². The number of rotatable bonds is 19. The first-order chi connectivity index (χ1) is 18.2. The van der Waals surface area contributed by atoms with Crippen molar-refractivity contribution in [2.75, 3.05) is 27.2 Å². The topological polar surface area (TPSA) is 151 Å². The molecule has 0 heterocycles. The largest absolute Gasteiger partial charge is 0.481 e. The first kappa shape index (κ1) is 32.4. The van der Waals surface area contributed by atoms with Gasteiger partial charge in [0.05, 0.1) is 7.11 Å². The van der Waals surface area contributed by atoms with Crippen molar-refractivity contribution in [2.45, 2.75) is 76.9 Å². The summed E-state index contributed by atoms with van der Waals surface area (Å²) in [6.45, 7) is 1.11. The Hall–Kier alpha value is -3.63. The predicted octanol–water partition coefficient (Wildman–Crippen LogP) is 3.01. The number of unbranched alkanes of at least 4 members (excludes halogenated alkanes) is 4. The zero-order valence-corrected chi connectivity index (χ0v) is 22.4. The minimum atomic E-state index is -1.00. The first-order valence-electron chi connectivity index (χ1n) is 13.0. The van der Waals surface area contributed by atoms with Crippen LogP contribution < -0.4 is 10.6 Å². The average Bonchev–Trinajstić information content (AvgIpc) is 2.91. The quantitative estimate of drug-likeness (QED) is 0.181. The van der Waals surface area contributed by atoms with Crippen LogP contribution in [-0.4, -0.2) is 73.1 Å². The molecular formula is C27H41N3O8. The standard InChI is InChI=1S/C27H41N3O8/c1-30(19-11-5-8-14-23(31)28-18-10-4-9-15-25(33)34)24(32)17-16-22(26(35)37-2)29-27(36)38-20-21-12-6-3-7-13-21/h3,6-7,12-13,22H,4-5,8-11,14-20H2,1-2H3,(H,28,31)(H,29,36)(H,33,34)/t22-/m0/s1. The number of amides is 3. The maximum atomic E-state index is 12.5. The normalized spacial score (nSPS) is 11.2. The van der Waals surface area contributed by atoms with Gasteiger partial charge in [-0.1, -0.05) is 43.2 Å². The fourth-order valence-electron chi connectivity index (χ4n) is 3.59. The SMILES string of the molecule is COC(=O)[C@H](CCC(=O)N(C)CCCCCC(=O)NCCCCCC(=O)O)NC(=O)OCc1ccccc1. The Morgan fingerprint density at radius 3 is 2.29 bits per heavy atom. The van der Waals surface area contributed by atoms with E-state index in [1.807, 2.05) is 30.3 Å². The molecule has 212 valence electrons. The van der Waals surface area contributed by atoms with Gasteiger partial charge in [-0.05, 0) is 37.7 Å². The molecule has 0 aliphatic heterocycles. The van der Waals surface area contributed by atoms with Gasteiger partial charge in [0, 0.05) is 39.4 Å². The van der Waals surface area contributed by atoms with E-state index >= 15 is 0 Å². The number of nitrogens with zero attached hydrogens (tertiary/aromatic N) is 1. The molecule has 0 radical (unpaired) electrons. The molecule has 0 unspecified atom stereocenters. The molecule has 0 fully saturated rings. The highest BCUT2D eigenvalue weighted by Gasteiger charge is 2.24. The molecule has 0 aromatic heterocycles. The van der Waals surface area contributed by atoms with E-state index in [4.69, 9.17) is 14.6 Å². The number of carboxylic acids is 1. The lowest BCUT2D eigenvalue weighted by Crippen LogP contribution is -2.42. The van der Waals surface area contributed by atoms with Crippen LogP contribution in [0.2, 0.25) is 0 Å². The van der Waals surface area contributed by atoms with Gasteiger partial charge >= 0.3 is 18.0 Å². The molecule has 0 aliphatic carbocycles. The van der Waals surface area contributed by atoms with Crippen molar-refractivity contribution in [3.05, 3.63) is 35.9 Å². The highest BCUT2D eigenvalue weighted by Crippen LogP contribution is 2.07. The minimum Gasteiger partial charge on any atom is -0.481 e. The number of hydrogen-bond acceptors (Lipinski definition) is 7. The molecule has 11 heteroatoms. The molecule has 3 amide bonds. The minimum absolute atomic E-state index is 0.0312. The molecule has 0 saturated heterocycles. The van der Waals surface area contributed by atoms with Crippen LogP contribution in [0, 0.1) is 0 Å². The van der Waals surface area contributed by atoms with E-state index in [-0.39, 0.29) is 37.7 Å². The van der Waals surface area contributed by atoms with Crippen LogP contribution in [0.1, 0.15) is 69.8 Å². The van der Waals surface area contributed by atoms with E-state index in [2.05, 4.69) is 10.6 Å². The van der Waals surface area contributed by atoms with Gasteiger partial charge in [0.15, 0.2) is 0 Å². The molecule has 1 aromatic rings. The van der Waals surface area contributed by atoms with Crippen molar-refractivity contribution < 1.29 is 38.6 Å². The Morgan fingerprint density at radius 1 is 0.921 bits per heavy atom. The molecule has 0 spiro atoms. The van der Waals surface area contributed by atoms with Gasteiger partial charge in [0.1, 0.15) is 12.6 Å². The molecule has 1 rings (SSSR count). The molecule has 1 atom stereocenters. The molecule has 0 aliphatic rings. The number of ether oxygens (including phenoxy) is 2. The highest BCUT2D eigenvalue weighted by molar-refractivity contribution is 5.82. The van der Waals surface area contributed by atoms with Gasteiger partial charge in [-0.25, -0.2) is 9.59 Å². The second-order valence-electron chi connectivity index (χ2n) is 9.00. The Morgan fingerprint density at radius 2 is 1.61 bits per heavy atom. The van der Waals surface area contributed by atoms with Gasteiger partial charge in [-0.2, -0.15) is 0 Å². The van der Waals surface area contributed by atoms with E-state index < -0.39 is 24.1 Å². The van der Waals surface area contributed by atoms with Crippen LogP contribution in [-0.2, 0) is 35.3 Å². The number of carboxylic acid groups (broad SMARTS) is 1. The number of esters is 1. The van der Waals surface area contributed by atoms with Crippen molar-refractivity contribution >= 4 is 29.8 Å². The lowest BCUT2D eigenvalue weighted by atomic mass is 10.1. The summed E-state index contributed by atoms with van der Waals surface area (Å²) in [6.07, 6.45) is 4.25. The van der Waals surface area contributed by atoms with E-state index in [1.54, 1.807) is 11.9 Å². The first-order valence-corrected chi connectivity index (χ1v) is 13.0. The second kappa shape index (κ2) is 19.5. The van der Waals surface area contributed by atoms with E-state index in [0.717, 1.165) is 31.2 Å². The summed E-state index contributed by atoms with van der Waals surface area (Å²) in [4.78, 5) is 60.6. The lowest BCUT2D eigenvalue weighted by molar-refractivity contribution is -0.143. The zero-order valence-electron chi connectivity index (χ0n) is 22.4. The lowest BCUT2D eigenvalue weighted by Gasteiger charge is -2.20. The number of alkyl carbamates (subject to hydrolysis) is 1. The predicted molar refractivity (Wildman–Crippen MR) is 140 cm³/mol. The number of aliphatic carboxylic acids is 1. The molecule has 38 heavy (non-hydrogen) atoms. The maximum Gasteiger partial charge on any atom is 0.408 e. The number of hydrogen-bond donors (Lipinski definition) is 3. The number of nitrogens with one attached hydrogen (secondary N) is 2. The third-order valence-corrected chi connectivity index (χ3v) is 5.85. The zero-order chi connectivity index (χ0) is 28.2. The molecule has 0 bridgehead atoms. The van der Waals surface area contributed by atoms with Crippen molar-refractivity contribution in [3.8, 4) is 0 Å². The van der Waals surface area contributed by atoms with E-state index in [0.29, 0.717) is 32.4 Å². The fourth-order valence-corrected chi connectivity index (χ4v) is 3.59. The summed E-state index contributed by atoms with van der Waals surface area (Å²) < 4.78 is 9.89. The van der Waals surface area contributed by atoms with Gasteiger partial charge < -0.3 is 30.1 Å². The summed E-state index contributed by atoms with van der Waals surface area (Å²) in [7, 11) is 2.89. The summed E-state index contributed by atoms with van der Waals surface area (Å²) >= 11 is 0. The van der Waals surface area contributed by atoms with E-state index in [9.17, 15) is 24.0 Å². The fraction of sp³-hybridized carbons (Fsp3) is 0.593. The maximum absolute atomic E-state index is 12.5. The average molecular weight is 536 g/mol. The molecule has 3 N–H and O–H groups in total. The summed E-state index contributed by atoms with van der Waals surface area (Å²) in [5.74, 6) is -1.66. The molecule has 11 nitrogen and oxygen atoms in total. The second-order valence-corrected chi connectivity index (χ2v) is 9.00. The number of methoxy groups -OCH3 is 1. The Bertz CT molecular complexity index is 878. The Kier molecular flexibility index (Phi) is 16.6. The van der Waals surface area contributed by atoms with Crippen LogP contribution in [0.15, 0.2) is 30.3 Å². The summed E-state index contributed by atoms with van der Waals surface area (Å²) in [6, 6.07) is 8.11. The van der Waals surface area contributed by atoms with Crippen molar-refractivity contribution in [3.63, 3.8) is 0 Å². The van der Waals surface area contributed by atoms with Crippen LogP contribution in [0.25, 0.3) is 0 Å². The van der Waals surface area contributed by atoms with Crippen LogP contribution >= 0.6 is 0 Å². The molecule has 0 saturated carbocycles. The monoisotopic (exact) mass is 535 g/mol. The molecular weight excluding hydrogens is 494 g/mol. The summed E-state index contributed by atoms with van der Waals surface area (Å²) in [5, 5.41) is 13.9. The van der Waals surface area contributed by atoms with Gasteiger partial charge in [-0.15, -0.1) is 0 Å². The number of carbonyl (C=O) groups is 5. The third kappa shape index (κ3) is 15.5. The Labute approximate surface area is 224 Å². The number of carbonyl (C=O) groups excluding carboxylic acids is 4. The smallest absolute Gasteiger partial charge is 0.408 e. The van der Waals surface area contributed by atoms with Gasteiger partial charge in [0.25, 0.3) is 0 Å². The Balaban J connectivity index is 2.22. The number of benzene rings is 1. The van der Waals surface area contributed by atoms with Crippen LogP contribution in [0.3, 0.4) is 0 Å². The van der Waals surface area contributed by atoms with E-state index in [1.165, 1.54) is 7.11 Å². The molecule has 1 aromatic carbocycles.